The molecule has 15 heavy (non-hydrogen) atoms. The molecule has 0 saturated carbocycles. The van der Waals surface area contributed by atoms with E-state index in [1.54, 1.807) is 0 Å². The second-order valence-corrected chi connectivity index (χ2v) is 3.15. The van der Waals surface area contributed by atoms with Crippen molar-refractivity contribution in [2.45, 2.75) is 13.8 Å². The van der Waals surface area contributed by atoms with Crippen LogP contribution in [-0.2, 0) is 4.79 Å². The van der Waals surface area contributed by atoms with Crippen molar-refractivity contribution in [3.63, 3.8) is 0 Å². The summed E-state index contributed by atoms with van der Waals surface area (Å²) in [5, 5.41) is 9.23. The van der Waals surface area contributed by atoms with Gasteiger partial charge in [-0.25, -0.2) is 0 Å². The van der Waals surface area contributed by atoms with Crippen molar-refractivity contribution < 1.29 is 9.90 Å². The number of hydrogen-bond acceptors (Lipinski definition) is 3. The van der Waals surface area contributed by atoms with Crippen LogP contribution in [0.5, 0.6) is 0 Å². The second kappa shape index (κ2) is 5.10. The molecule has 0 spiro atoms. The van der Waals surface area contributed by atoms with Gasteiger partial charge >= 0.3 is 0 Å². The minimum Gasteiger partial charge on any atom is -0.512 e. The Labute approximate surface area is 88.8 Å². The number of Topliss-reactive ketones (excluding diaryl/α,β-unsaturated/α-hetero) is 1. The first kappa shape index (κ1) is 11.2. The monoisotopic (exact) mass is 203 g/mol. The predicted molar refractivity (Wildman–Crippen MR) is 60.6 cm³/mol. The maximum atomic E-state index is 11.1. The van der Waals surface area contributed by atoms with Gasteiger partial charge in [-0.15, -0.1) is 0 Å². The number of ketones is 1. The molecule has 1 aromatic rings. The lowest BCUT2D eigenvalue weighted by Gasteiger charge is -1.97. The third kappa shape index (κ3) is 3.38. The van der Waals surface area contributed by atoms with Crippen LogP contribution in [0.2, 0.25) is 0 Å². The van der Waals surface area contributed by atoms with Gasteiger partial charge in [0.25, 0.3) is 0 Å². The Hall–Kier alpha value is -1.90. The summed E-state index contributed by atoms with van der Waals surface area (Å²) >= 11 is 0. The number of carbonyl (C=O) groups is 1. The van der Waals surface area contributed by atoms with E-state index >= 15 is 0 Å². The zero-order valence-electron chi connectivity index (χ0n) is 8.77. The van der Waals surface area contributed by atoms with E-state index in [1.807, 2.05) is 30.3 Å². The van der Waals surface area contributed by atoms with Crippen molar-refractivity contribution in [2.75, 3.05) is 0 Å². The zero-order valence-corrected chi connectivity index (χ0v) is 8.77. The fourth-order valence-electron chi connectivity index (χ4n) is 1.09. The standard InChI is InChI=1S/C12H13NO2/c1-9(14)12(10(2)15)8-13-11-6-4-3-5-7-11/h3-8,14H,1-2H3/b12-9+,13-8?. The van der Waals surface area contributed by atoms with Crippen molar-refractivity contribution >= 4 is 17.7 Å². The van der Waals surface area contributed by atoms with Gasteiger partial charge in [0.2, 0.25) is 0 Å². The van der Waals surface area contributed by atoms with E-state index in [4.69, 9.17) is 0 Å². The Balaban J connectivity index is 2.90. The number of benzene rings is 1. The lowest BCUT2D eigenvalue weighted by Crippen LogP contribution is -2.01. The van der Waals surface area contributed by atoms with E-state index in [1.165, 1.54) is 20.1 Å². The van der Waals surface area contributed by atoms with Crippen LogP contribution in [0.25, 0.3) is 0 Å². The quantitative estimate of drug-likeness (QED) is 0.466. The Kier molecular flexibility index (Phi) is 3.80. The molecule has 0 radical (unpaired) electrons. The van der Waals surface area contributed by atoms with E-state index in [-0.39, 0.29) is 17.1 Å². The van der Waals surface area contributed by atoms with E-state index in [2.05, 4.69) is 4.99 Å². The number of aliphatic hydroxyl groups excluding tert-OH is 1. The van der Waals surface area contributed by atoms with Crippen LogP contribution >= 0.6 is 0 Å². The first-order valence-electron chi connectivity index (χ1n) is 4.61. The minimum absolute atomic E-state index is 0.0119. The first-order chi connectivity index (χ1) is 7.11. The van der Waals surface area contributed by atoms with Gasteiger partial charge in [0.15, 0.2) is 5.78 Å². The highest BCUT2D eigenvalue weighted by atomic mass is 16.3. The third-order valence-electron chi connectivity index (χ3n) is 1.87. The molecule has 0 heterocycles. The summed E-state index contributed by atoms with van der Waals surface area (Å²) in [7, 11) is 0. The molecule has 3 nitrogen and oxygen atoms in total. The van der Waals surface area contributed by atoms with Gasteiger partial charge in [-0.05, 0) is 26.0 Å². The molecular formula is C12H13NO2. The fourth-order valence-corrected chi connectivity index (χ4v) is 1.09. The number of allylic oxidation sites excluding steroid dienone is 2. The van der Waals surface area contributed by atoms with Crippen LogP contribution in [0.3, 0.4) is 0 Å². The first-order valence-corrected chi connectivity index (χ1v) is 4.61. The lowest BCUT2D eigenvalue weighted by atomic mass is 10.2. The van der Waals surface area contributed by atoms with Crippen LogP contribution < -0.4 is 0 Å². The topological polar surface area (TPSA) is 49.7 Å². The van der Waals surface area contributed by atoms with Gasteiger partial charge in [0.1, 0.15) is 5.76 Å². The Bertz CT molecular complexity index is 401. The normalized spacial score (nSPS) is 12.7. The summed E-state index contributed by atoms with van der Waals surface area (Å²) in [5.41, 5.74) is 0.983. The Morgan fingerprint density at radius 2 is 1.87 bits per heavy atom. The van der Waals surface area contributed by atoms with Crippen LogP contribution in [-0.4, -0.2) is 17.1 Å². The number of rotatable bonds is 3. The molecule has 0 saturated heterocycles. The predicted octanol–water partition coefficient (Wildman–Crippen LogP) is 2.81. The Morgan fingerprint density at radius 1 is 1.27 bits per heavy atom. The molecule has 0 aliphatic heterocycles. The van der Waals surface area contributed by atoms with Gasteiger partial charge in [0.05, 0.1) is 11.3 Å². The maximum Gasteiger partial charge on any atom is 0.164 e. The van der Waals surface area contributed by atoms with E-state index < -0.39 is 0 Å². The molecule has 0 bridgehead atoms. The highest BCUT2D eigenvalue weighted by Crippen LogP contribution is 2.10. The molecule has 0 aliphatic rings. The summed E-state index contributed by atoms with van der Waals surface area (Å²) in [6.07, 6.45) is 1.38. The molecular weight excluding hydrogens is 190 g/mol. The van der Waals surface area contributed by atoms with E-state index in [9.17, 15) is 9.90 Å². The van der Waals surface area contributed by atoms with Gasteiger partial charge in [0, 0.05) is 6.21 Å². The van der Waals surface area contributed by atoms with Gasteiger partial charge in [-0.1, -0.05) is 18.2 Å². The number of para-hydroxylation sites is 1. The molecule has 1 rings (SSSR count). The van der Waals surface area contributed by atoms with Crippen molar-refractivity contribution in [1.82, 2.24) is 0 Å². The minimum atomic E-state index is -0.199. The molecule has 78 valence electrons. The fraction of sp³-hybridized carbons (Fsp3) is 0.167. The van der Waals surface area contributed by atoms with Gasteiger partial charge in [-0.2, -0.15) is 0 Å². The highest BCUT2D eigenvalue weighted by Gasteiger charge is 2.04. The second-order valence-electron chi connectivity index (χ2n) is 3.15. The average Bonchev–Trinajstić information content (AvgIpc) is 2.18. The van der Waals surface area contributed by atoms with Crippen LogP contribution in [0, 0.1) is 0 Å². The average molecular weight is 203 g/mol. The summed E-state index contributed by atoms with van der Waals surface area (Å²) in [4.78, 5) is 15.2. The summed E-state index contributed by atoms with van der Waals surface area (Å²) in [6, 6.07) is 9.24. The van der Waals surface area contributed by atoms with Crippen molar-refractivity contribution in [3.05, 3.63) is 41.7 Å². The number of aliphatic imine (C=N–C) groups is 1. The number of nitrogens with zero attached hydrogens (tertiary/aromatic N) is 1. The Morgan fingerprint density at radius 3 is 2.33 bits per heavy atom. The van der Waals surface area contributed by atoms with E-state index in [0.29, 0.717) is 0 Å². The molecule has 0 atom stereocenters. The van der Waals surface area contributed by atoms with Gasteiger partial charge in [-0.3, -0.25) is 9.79 Å². The van der Waals surface area contributed by atoms with Crippen molar-refractivity contribution in [3.8, 4) is 0 Å². The van der Waals surface area contributed by atoms with Crippen molar-refractivity contribution in [2.24, 2.45) is 4.99 Å². The third-order valence-corrected chi connectivity index (χ3v) is 1.87. The van der Waals surface area contributed by atoms with Crippen LogP contribution in [0.1, 0.15) is 13.8 Å². The molecule has 0 aromatic heterocycles. The van der Waals surface area contributed by atoms with Crippen LogP contribution in [0.4, 0.5) is 5.69 Å². The van der Waals surface area contributed by atoms with Crippen LogP contribution in [0.15, 0.2) is 46.7 Å². The summed E-state index contributed by atoms with van der Waals surface area (Å²) in [6.45, 7) is 2.86. The number of aliphatic hydroxyl groups is 1. The SMILES string of the molecule is CC(=O)/C(C=Nc1ccccc1)=C(\C)O. The smallest absolute Gasteiger partial charge is 0.164 e. The molecule has 0 aliphatic carbocycles. The molecule has 1 N–H and O–H groups in total. The summed E-state index contributed by atoms with van der Waals surface area (Å²) < 4.78 is 0. The molecule has 1 aromatic carbocycles. The molecule has 0 amide bonds. The molecule has 0 fully saturated rings. The zero-order chi connectivity index (χ0) is 11.3. The summed E-state index contributed by atoms with van der Waals surface area (Å²) in [5.74, 6) is -0.211. The largest absolute Gasteiger partial charge is 0.512 e. The highest BCUT2D eigenvalue weighted by molar-refractivity contribution is 6.12. The van der Waals surface area contributed by atoms with Gasteiger partial charge < -0.3 is 5.11 Å². The maximum absolute atomic E-state index is 11.1. The van der Waals surface area contributed by atoms with E-state index in [0.717, 1.165) is 5.69 Å². The number of carbonyl (C=O) groups excluding carboxylic acids is 1. The molecule has 0 unspecified atom stereocenters. The lowest BCUT2D eigenvalue weighted by molar-refractivity contribution is -0.113. The van der Waals surface area contributed by atoms with Crippen molar-refractivity contribution in [1.29, 1.82) is 0 Å². The number of hydrogen-bond donors (Lipinski definition) is 1. The molecule has 3 heteroatoms.